The molecule has 0 fully saturated rings. The summed E-state index contributed by atoms with van der Waals surface area (Å²) in [4.78, 5) is 11.2. The molecule has 1 amide bonds. The number of rotatable bonds is 2. The van der Waals surface area contributed by atoms with Crippen molar-refractivity contribution in [3.05, 3.63) is 34.3 Å². The van der Waals surface area contributed by atoms with Gasteiger partial charge in [-0.3, -0.25) is 10.2 Å². The Morgan fingerprint density at radius 2 is 2.31 bits per heavy atom. The number of carbonyl (C=O) groups excluding carboxylic acids is 1. The molecule has 0 heterocycles. The standard InChI is InChI=1S/C9H11ClN2O/c1-2-6-4-3-5-7(8(6)10)9(13)12-11/h3-5H,2,11H2,1H3,(H,12,13). The number of nitrogen functional groups attached to an aromatic ring is 1. The zero-order chi connectivity index (χ0) is 9.84. The number of amides is 1. The second-order valence-corrected chi connectivity index (χ2v) is 2.98. The SMILES string of the molecule is CCc1cccc(C(=O)NN)c1Cl. The van der Waals surface area contributed by atoms with Crippen LogP contribution in [0, 0.1) is 0 Å². The smallest absolute Gasteiger partial charge is 0.266 e. The van der Waals surface area contributed by atoms with Gasteiger partial charge in [0.05, 0.1) is 10.6 Å². The molecule has 1 aromatic carbocycles. The molecular formula is C9H11ClN2O. The molecule has 0 spiro atoms. The fourth-order valence-corrected chi connectivity index (χ4v) is 1.45. The molecule has 3 N–H and O–H groups in total. The summed E-state index contributed by atoms with van der Waals surface area (Å²) in [5, 5.41) is 0.480. The minimum absolute atomic E-state index is 0.361. The first kappa shape index (κ1) is 10.0. The van der Waals surface area contributed by atoms with Gasteiger partial charge in [0.2, 0.25) is 0 Å². The molecule has 0 atom stereocenters. The van der Waals surface area contributed by atoms with Crippen molar-refractivity contribution >= 4 is 17.5 Å². The summed E-state index contributed by atoms with van der Waals surface area (Å²) in [6, 6.07) is 5.31. The molecule has 0 bridgehead atoms. The van der Waals surface area contributed by atoms with Crippen LogP contribution in [-0.4, -0.2) is 5.91 Å². The molecule has 70 valence electrons. The Labute approximate surface area is 81.9 Å². The Kier molecular flexibility index (Phi) is 3.28. The Bertz CT molecular complexity index is 325. The maximum atomic E-state index is 11.2. The first-order chi connectivity index (χ1) is 6.20. The lowest BCUT2D eigenvalue weighted by Crippen LogP contribution is -2.30. The number of carbonyl (C=O) groups is 1. The van der Waals surface area contributed by atoms with Crippen LogP contribution in [0.4, 0.5) is 0 Å². The minimum atomic E-state index is -0.361. The molecule has 0 aliphatic rings. The topological polar surface area (TPSA) is 55.1 Å². The zero-order valence-corrected chi connectivity index (χ0v) is 8.06. The number of nitrogens with one attached hydrogen (secondary N) is 1. The first-order valence-electron chi connectivity index (χ1n) is 3.99. The Hall–Kier alpha value is -1.06. The summed E-state index contributed by atoms with van der Waals surface area (Å²) in [7, 11) is 0. The van der Waals surface area contributed by atoms with Gasteiger partial charge in [-0.05, 0) is 18.1 Å². The quantitative estimate of drug-likeness (QED) is 0.430. The lowest BCUT2D eigenvalue weighted by Gasteiger charge is -2.05. The molecule has 1 rings (SSSR count). The van der Waals surface area contributed by atoms with E-state index in [1.807, 2.05) is 13.0 Å². The molecule has 0 saturated heterocycles. The van der Waals surface area contributed by atoms with E-state index in [9.17, 15) is 4.79 Å². The summed E-state index contributed by atoms with van der Waals surface area (Å²) < 4.78 is 0. The van der Waals surface area contributed by atoms with Crippen molar-refractivity contribution in [2.45, 2.75) is 13.3 Å². The number of hydrogen-bond donors (Lipinski definition) is 2. The van der Waals surface area contributed by atoms with Crippen LogP contribution in [-0.2, 0) is 6.42 Å². The zero-order valence-electron chi connectivity index (χ0n) is 7.30. The van der Waals surface area contributed by atoms with Crippen molar-refractivity contribution in [1.29, 1.82) is 0 Å². The van der Waals surface area contributed by atoms with Crippen molar-refractivity contribution in [1.82, 2.24) is 5.43 Å². The van der Waals surface area contributed by atoms with E-state index in [-0.39, 0.29) is 5.91 Å². The lowest BCUT2D eigenvalue weighted by atomic mass is 10.1. The first-order valence-corrected chi connectivity index (χ1v) is 4.36. The average molecular weight is 199 g/mol. The van der Waals surface area contributed by atoms with Crippen LogP contribution in [0.3, 0.4) is 0 Å². The van der Waals surface area contributed by atoms with E-state index in [0.29, 0.717) is 10.6 Å². The van der Waals surface area contributed by atoms with Crippen LogP contribution < -0.4 is 11.3 Å². The normalized spacial score (nSPS) is 9.77. The highest BCUT2D eigenvalue weighted by atomic mass is 35.5. The molecule has 0 aliphatic heterocycles. The average Bonchev–Trinajstić information content (AvgIpc) is 2.17. The van der Waals surface area contributed by atoms with Crippen molar-refractivity contribution in [3.8, 4) is 0 Å². The molecule has 0 radical (unpaired) electrons. The molecule has 0 aliphatic carbocycles. The summed E-state index contributed by atoms with van der Waals surface area (Å²) in [5.74, 6) is 4.65. The summed E-state index contributed by atoms with van der Waals surface area (Å²) >= 11 is 5.97. The number of benzene rings is 1. The Morgan fingerprint density at radius 3 is 2.85 bits per heavy atom. The van der Waals surface area contributed by atoms with Crippen LogP contribution in [0.5, 0.6) is 0 Å². The van der Waals surface area contributed by atoms with Gasteiger partial charge in [0.25, 0.3) is 5.91 Å². The van der Waals surface area contributed by atoms with Gasteiger partial charge < -0.3 is 0 Å². The molecule has 0 unspecified atom stereocenters. The van der Waals surface area contributed by atoms with Crippen molar-refractivity contribution in [3.63, 3.8) is 0 Å². The molecule has 0 aromatic heterocycles. The van der Waals surface area contributed by atoms with Crippen LogP contribution in [0.1, 0.15) is 22.8 Å². The Morgan fingerprint density at radius 1 is 1.62 bits per heavy atom. The van der Waals surface area contributed by atoms with E-state index in [1.54, 1.807) is 12.1 Å². The van der Waals surface area contributed by atoms with E-state index in [1.165, 1.54) is 0 Å². The number of hydrazine groups is 1. The minimum Gasteiger partial charge on any atom is -0.290 e. The largest absolute Gasteiger partial charge is 0.290 e. The van der Waals surface area contributed by atoms with E-state index < -0.39 is 0 Å². The van der Waals surface area contributed by atoms with Gasteiger partial charge in [0.1, 0.15) is 0 Å². The third kappa shape index (κ3) is 1.99. The van der Waals surface area contributed by atoms with Crippen LogP contribution >= 0.6 is 11.6 Å². The predicted octanol–water partition coefficient (Wildman–Crippen LogP) is 1.51. The van der Waals surface area contributed by atoms with E-state index >= 15 is 0 Å². The predicted molar refractivity (Wildman–Crippen MR) is 52.5 cm³/mol. The summed E-state index contributed by atoms with van der Waals surface area (Å²) in [5.41, 5.74) is 3.42. The van der Waals surface area contributed by atoms with Gasteiger partial charge in [0.15, 0.2) is 0 Å². The molecule has 0 saturated carbocycles. The van der Waals surface area contributed by atoms with Gasteiger partial charge in [0, 0.05) is 0 Å². The van der Waals surface area contributed by atoms with Gasteiger partial charge >= 0.3 is 0 Å². The van der Waals surface area contributed by atoms with Crippen LogP contribution in [0.15, 0.2) is 18.2 Å². The lowest BCUT2D eigenvalue weighted by molar-refractivity contribution is 0.0953. The van der Waals surface area contributed by atoms with Crippen molar-refractivity contribution in [2.24, 2.45) is 5.84 Å². The third-order valence-electron chi connectivity index (χ3n) is 1.84. The number of halogens is 1. The van der Waals surface area contributed by atoms with Crippen LogP contribution in [0.2, 0.25) is 5.02 Å². The van der Waals surface area contributed by atoms with Crippen molar-refractivity contribution in [2.75, 3.05) is 0 Å². The van der Waals surface area contributed by atoms with Gasteiger partial charge in [-0.25, -0.2) is 5.84 Å². The van der Waals surface area contributed by atoms with Gasteiger partial charge in [-0.2, -0.15) is 0 Å². The second kappa shape index (κ2) is 4.25. The highest BCUT2D eigenvalue weighted by Gasteiger charge is 2.10. The molecule has 1 aromatic rings. The summed E-state index contributed by atoms with van der Waals surface area (Å²) in [6.45, 7) is 1.98. The molecular weight excluding hydrogens is 188 g/mol. The molecule has 13 heavy (non-hydrogen) atoms. The van der Waals surface area contributed by atoms with E-state index in [4.69, 9.17) is 17.4 Å². The highest BCUT2D eigenvalue weighted by molar-refractivity contribution is 6.34. The van der Waals surface area contributed by atoms with E-state index in [0.717, 1.165) is 12.0 Å². The maximum absolute atomic E-state index is 11.2. The fraction of sp³-hybridized carbons (Fsp3) is 0.222. The fourth-order valence-electron chi connectivity index (χ4n) is 1.11. The number of nitrogens with two attached hydrogens (primary N) is 1. The maximum Gasteiger partial charge on any atom is 0.266 e. The molecule has 4 heteroatoms. The third-order valence-corrected chi connectivity index (χ3v) is 2.28. The second-order valence-electron chi connectivity index (χ2n) is 2.61. The monoisotopic (exact) mass is 198 g/mol. The Balaban J connectivity index is 3.15. The van der Waals surface area contributed by atoms with Crippen molar-refractivity contribution < 1.29 is 4.79 Å². The van der Waals surface area contributed by atoms with Gasteiger partial charge in [-0.1, -0.05) is 30.7 Å². The number of hydrogen-bond acceptors (Lipinski definition) is 2. The molecule has 3 nitrogen and oxygen atoms in total. The summed E-state index contributed by atoms with van der Waals surface area (Å²) in [6.07, 6.45) is 0.796. The van der Waals surface area contributed by atoms with Crippen LogP contribution in [0.25, 0.3) is 0 Å². The van der Waals surface area contributed by atoms with Gasteiger partial charge in [-0.15, -0.1) is 0 Å². The highest BCUT2D eigenvalue weighted by Crippen LogP contribution is 2.21. The van der Waals surface area contributed by atoms with E-state index in [2.05, 4.69) is 5.43 Å². The number of aryl methyl sites for hydroxylation is 1.